The van der Waals surface area contributed by atoms with Crippen LogP contribution in [0.4, 0.5) is 0 Å². The second-order valence-corrected chi connectivity index (χ2v) is 3.28. The van der Waals surface area contributed by atoms with Crippen molar-refractivity contribution in [2.45, 2.75) is 12.3 Å². The Kier molecular flexibility index (Phi) is 1.93. The van der Waals surface area contributed by atoms with Gasteiger partial charge in [0.05, 0.1) is 18.2 Å². The van der Waals surface area contributed by atoms with E-state index < -0.39 is 0 Å². The van der Waals surface area contributed by atoms with E-state index in [2.05, 4.69) is 10.3 Å². The molecule has 0 saturated carbocycles. The normalized spacial score (nSPS) is 39.2. The third-order valence-electron chi connectivity index (χ3n) is 1.69. The Balaban J connectivity index is 1.91. The van der Waals surface area contributed by atoms with E-state index >= 15 is 0 Å². The van der Waals surface area contributed by atoms with Crippen molar-refractivity contribution in [2.75, 3.05) is 18.9 Å². The lowest BCUT2D eigenvalue weighted by Crippen LogP contribution is -2.34. The summed E-state index contributed by atoms with van der Waals surface area (Å²) in [6, 6.07) is 0.354. The maximum atomic E-state index is 5.40. The fraction of sp³-hybridized carbons (Fsp3) is 0.833. The van der Waals surface area contributed by atoms with Gasteiger partial charge in [0.2, 0.25) is 0 Å². The van der Waals surface area contributed by atoms with Gasteiger partial charge in [0.15, 0.2) is 0 Å². The Hall–Kier alpha value is -0.0600. The second-order valence-electron chi connectivity index (χ2n) is 2.40. The third kappa shape index (κ3) is 1.19. The van der Waals surface area contributed by atoms with Crippen LogP contribution in [0.1, 0.15) is 0 Å². The number of thioether (sulfide) groups is 1. The van der Waals surface area contributed by atoms with Crippen LogP contribution in [0.25, 0.3) is 0 Å². The van der Waals surface area contributed by atoms with Crippen LogP contribution in [0, 0.1) is 0 Å². The summed E-state index contributed by atoms with van der Waals surface area (Å²) in [5.74, 6) is 1.07. The van der Waals surface area contributed by atoms with Crippen molar-refractivity contribution in [1.29, 1.82) is 0 Å². The van der Waals surface area contributed by atoms with Crippen LogP contribution >= 0.6 is 11.8 Å². The topological polar surface area (TPSA) is 33.6 Å². The minimum atomic E-state index is 0.186. The van der Waals surface area contributed by atoms with Crippen molar-refractivity contribution in [2.24, 2.45) is 4.99 Å². The number of rotatable bonds is 1. The molecule has 0 amide bonds. The molecule has 0 aliphatic carbocycles. The third-order valence-corrected chi connectivity index (χ3v) is 2.49. The molecule has 2 heterocycles. The van der Waals surface area contributed by atoms with E-state index in [0.29, 0.717) is 6.04 Å². The van der Waals surface area contributed by atoms with Gasteiger partial charge in [-0.2, -0.15) is 0 Å². The van der Waals surface area contributed by atoms with Gasteiger partial charge < -0.3 is 4.74 Å². The molecule has 56 valence electrons. The lowest BCUT2D eigenvalue weighted by Gasteiger charge is -2.13. The van der Waals surface area contributed by atoms with Gasteiger partial charge >= 0.3 is 0 Å². The number of nitrogens with one attached hydrogen (secondary N) is 1. The first kappa shape index (κ1) is 6.64. The molecule has 2 atom stereocenters. The predicted molar refractivity (Wildman–Crippen MR) is 42.5 cm³/mol. The standard InChI is InChI=1S/C6H10N2OS/c1-2-9-6(7-1)5-3-10-4-8-5/h4-7H,1-3H2. The van der Waals surface area contributed by atoms with Gasteiger partial charge in [-0.15, -0.1) is 11.8 Å². The molecule has 10 heavy (non-hydrogen) atoms. The fourth-order valence-corrected chi connectivity index (χ4v) is 1.95. The Morgan fingerprint density at radius 1 is 1.70 bits per heavy atom. The van der Waals surface area contributed by atoms with Crippen molar-refractivity contribution >= 4 is 17.3 Å². The van der Waals surface area contributed by atoms with Crippen LogP contribution in [0.3, 0.4) is 0 Å². The molecule has 1 fully saturated rings. The molecule has 0 aromatic carbocycles. The molecule has 1 saturated heterocycles. The average molecular weight is 158 g/mol. The van der Waals surface area contributed by atoms with E-state index in [1.54, 1.807) is 11.8 Å². The van der Waals surface area contributed by atoms with Gasteiger partial charge in [0, 0.05) is 12.3 Å². The van der Waals surface area contributed by atoms with Crippen molar-refractivity contribution in [1.82, 2.24) is 5.32 Å². The molecule has 4 heteroatoms. The number of nitrogens with zero attached hydrogens (tertiary/aromatic N) is 1. The highest BCUT2D eigenvalue weighted by Gasteiger charge is 2.26. The van der Waals surface area contributed by atoms with E-state index in [-0.39, 0.29) is 6.23 Å². The molecule has 2 aliphatic rings. The summed E-state index contributed by atoms with van der Waals surface area (Å²) in [5, 5.41) is 3.25. The molecule has 3 nitrogen and oxygen atoms in total. The lowest BCUT2D eigenvalue weighted by atomic mass is 10.3. The molecule has 0 spiro atoms. The highest BCUT2D eigenvalue weighted by Crippen LogP contribution is 2.16. The molecule has 0 aromatic rings. The predicted octanol–water partition coefficient (Wildman–Crippen LogP) is 0.0760. The Labute approximate surface area is 64.2 Å². The van der Waals surface area contributed by atoms with Gasteiger partial charge in [-0.25, -0.2) is 0 Å². The number of aliphatic imine (C=N–C) groups is 1. The lowest BCUT2D eigenvalue weighted by molar-refractivity contribution is 0.0871. The smallest absolute Gasteiger partial charge is 0.131 e. The quantitative estimate of drug-likeness (QED) is 0.586. The number of hydrogen-bond acceptors (Lipinski definition) is 4. The van der Waals surface area contributed by atoms with Crippen LogP contribution in [0.15, 0.2) is 4.99 Å². The Morgan fingerprint density at radius 3 is 3.30 bits per heavy atom. The molecule has 0 aromatic heterocycles. The highest BCUT2D eigenvalue weighted by atomic mass is 32.2. The van der Waals surface area contributed by atoms with Gasteiger partial charge in [-0.1, -0.05) is 0 Å². The van der Waals surface area contributed by atoms with Crippen molar-refractivity contribution in [3.8, 4) is 0 Å². The number of hydrogen-bond donors (Lipinski definition) is 1. The molecule has 2 aliphatic heterocycles. The minimum Gasteiger partial charge on any atom is -0.360 e. The molecular weight excluding hydrogens is 148 g/mol. The summed E-state index contributed by atoms with van der Waals surface area (Å²) >= 11 is 1.76. The first-order chi connectivity index (χ1) is 4.97. The zero-order valence-electron chi connectivity index (χ0n) is 5.62. The van der Waals surface area contributed by atoms with E-state index in [1.807, 2.05) is 5.55 Å². The average Bonchev–Trinajstić information content (AvgIpc) is 2.59. The maximum Gasteiger partial charge on any atom is 0.131 e. The molecular formula is C6H10N2OS. The largest absolute Gasteiger partial charge is 0.360 e. The van der Waals surface area contributed by atoms with Crippen LogP contribution < -0.4 is 5.32 Å². The first-order valence-corrected chi connectivity index (χ1v) is 4.50. The molecule has 1 N–H and O–H groups in total. The van der Waals surface area contributed by atoms with Crippen LogP contribution in [0.5, 0.6) is 0 Å². The van der Waals surface area contributed by atoms with Crippen molar-refractivity contribution in [3.05, 3.63) is 0 Å². The van der Waals surface area contributed by atoms with Crippen LogP contribution in [0.2, 0.25) is 0 Å². The first-order valence-electron chi connectivity index (χ1n) is 3.45. The molecule has 2 rings (SSSR count). The minimum absolute atomic E-state index is 0.186. The zero-order valence-corrected chi connectivity index (χ0v) is 6.43. The zero-order chi connectivity index (χ0) is 6.81. The van der Waals surface area contributed by atoms with E-state index in [4.69, 9.17) is 4.74 Å². The number of ether oxygens (including phenoxy) is 1. The summed E-state index contributed by atoms with van der Waals surface area (Å²) in [7, 11) is 0. The molecule has 0 radical (unpaired) electrons. The molecule has 0 bridgehead atoms. The Bertz CT molecular complexity index is 145. The van der Waals surface area contributed by atoms with Gasteiger partial charge in [0.25, 0.3) is 0 Å². The highest BCUT2D eigenvalue weighted by molar-refractivity contribution is 8.12. The molecule has 2 unspecified atom stereocenters. The second kappa shape index (κ2) is 2.90. The Morgan fingerprint density at radius 2 is 2.70 bits per heavy atom. The van der Waals surface area contributed by atoms with Crippen LogP contribution in [-0.2, 0) is 4.74 Å². The van der Waals surface area contributed by atoms with Gasteiger partial charge in [-0.05, 0) is 0 Å². The van der Waals surface area contributed by atoms with Gasteiger partial charge in [-0.3, -0.25) is 10.3 Å². The summed E-state index contributed by atoms with van der Waals surface area (Å²) in [6.45, 7) is 1.81. The van der Waals surface area contributed by atoms with Crippen LogP contribution in [-0.4, -0.2) is 36.7 Å². The summed E-state index contributed by atoms with van der Waals surface area (Å²) in [4.78, 5) is 4.27. The van der Waals surface area contributed by atoms with Gasteiger partial charge in [0.1, 0.15) is 6.23 Å². The SMILES string of the molecule is C1=NC(C2NCCO2)CS1. The van der Waals surface area contributed by atoms with E-state index in [1.165, 1.54) is 0 Å². The fourth-order valence-electron chi connectivity index (χ4n) is 1.16. The van der Waals surface area contributed by atoms with E-state index in [9.17, 15) is 0 Å². The summed E-state index contributed by atoms with van der Waals surface area (Å²) in [6.07, 6.45) is 0.186. The summed E-state index contributed by atoms with van der Waals surface area (Å²) in [5.41, 5.74) is 1.91. The van der Waals surface area contributed by atoms with E-state index in [0.717, 1.165) is 18.9 Å². The van der Waals surface area contributed by atoms with Crippen molar-refractivity contribution in [3.63, 3.8) is 0 Å². The summed E-state index contributed by atoms with van der Waals surface area (Å²) < 4.78 is 5.40. The monoisotopic (exact) mass is 158 g/mol. The van der Waals surface area contributed by atoms with Crippen molar-refractivity contribution < 1.29 is 4.74 Å². The maximum absolute atomic E-state index is 5.40.